The predicted molar refractivity (Wildman–Crippen MR) is 132 cm³/mol. The molecule has 0 unspecified atom stereocenters. The molecule has 9 heteroatoms. The van der Waals surface area contributed by atoms with Gasteiger partial charge in [0.25, 0.3) is 5.91 Å². The van der Waals surface area contributed by atoms with Gasteiger partial charge in [0.2, 0.25) is 5.91 Å². The number of para-hydroxylation sites is 1. The van der Waals surface area contributed by atoms with Gasteiger partial charge in [0.15, 0.2) is 5.65 Å². The average molecular weight is 475 g/mol. The topological polar surface area (TPSA) is 91.6 Å². The first-order valence-corrected chi connectivity index (χ1v) is 11.4. The second kappa shape index (κ2) is 9.15. The number of anilines is 3. The second-order valence-corrected chi connectivity index (χ2v) is 8.58. The molecule has 2 amide bonds. The minimum absolute atomic E-state index is 0.0594. The third kappa shape index (κ3) is 4.32. The maximum absolute atomic E-state index is 13.1. The smallest absolute Gasteiger partial charge is 0.261 e. The predicted octanol–water partition coefficient (Wildman–Crippen LogP) is 4.71. The lowest BCUT2D eigenvalue weighted by Crippen LogP contribution is -2.24. The van der Waals surface area contributed by atoms with Crippen LogP contribution < -0.4 is 10.6 Å². The van der Waals surface area contributed by atoms with Crippen molar-refractivity contribution in [1.29, 1.82) is 0 Å². The Balaban J connectivity index is 1.55. The average Bonchev–Trinajstić information content (AvgIpc) is 3.44. The van der Waals surface area contributed by atoms with Gasteiger partial charge in [-0.15, -0.1) is 0 Å². The SMILES string of the molecule is CCN1C[C@H](c2cc(Nc3ccccc3)n3ncc(C(=O)Nc4ccc(Cl)cc4)c3n2)CC1=O. The molecule has 1 aliphatic heterocycles. The molecular weight excluding hydrogens is 452 g/mol. The summed E-state index contributed by atoms with van der Waals surface area (Å²) in [4.78, 5) is 32.1. The zero-order valence-electron chi connectivity index (χ0n) is 18.5. The van der Waals surface area contributed by atoms with E-state index in [0.717, 1.165) is 11.4 Å². The van der Waals surface area contributed by atoms with Gasteiger partial charge in [-0.3, -0.25) is 9.59 Å². The van der Waals surface area contributed by atoms with Crippen molar-refractivity contribution < 1.29 is 9.59 Å². The van der Waals surface area contributed by atoms with Gasteiger partial charge in [-0.1, -0.05) is 29.8 Å². The van der Waals surface area contributed by atoms with Gasteiger partial charge >= 0.3 is 0 Å². The lowest BCUT2D eigenvalue weighted by molar-refractivity contribution is -0.127. The molecule has 1 saturated heterocycles. The third-order valence-corrected chi connectivity index (χ3v) is 6.15. The number of nitrogens with one attached hydrogen (secondary N) is 2. The molecule has 8 nitrogen and oxygen atoms in total. The van der Waals surface area contributed by atoms with Gasteiger partial charge in [0.1, 0.15) is 11.4 Å². The zero-order valence-corrected chi connectivity index (χ0v) is 19.3. The van der Waals surface area contributed by atoms with Crippen molar-refractivity contribution in [3.8, 4) is 0 Å². The Labute approximate surface area is 201 Å². The molecule has 0 aliphatic carbocycles. The van der Waals surface area contributed by atoms with Crippen LogP contribution in [0.2, 0.25) is 5.02 Å². The highest BCUT2D eigenvalue weighted by molar-refractivity contribution is 6.30. The molecule has 0 saturated carbocycles. The van der Waals surface area contributed by atoms with Gasteiger partial charge in [-0.25, -0.2) is 4.98 Å². The second-order valence-electron chi connectivity index (χ2n) is 8.15. The summed E-state index contributed by atoms with van der Waals surface area (Å²) in [5.74, 6) is 0.390. The Bertz CT molecular complexity index is 1350. The number of benzene rings is 2. The fraction of sp³-hybridized carbons (Fsp3) is 0.200. The Morgan fingerprint density at radius 3 is 2.59 bits per heavy atom. The molecule has 5 rings (SSSR count). The van der Waals surface area contributed by atoms with Gasteiger partial charge in [0.05, 0.1) is 11.9 Å². The fourth-order valence-corrected chi connectivity index (χ4v) is 4.24. The minimum Gasteiger partial charge on any atom is -0.342 e. The number of carbonyl (C=O) groups is 2. The molecule has 0 radical (unpaired) electrons. The van der Waals surface area contributed by atoms with E-state index in [9.17, 15) is 9.59 Å². The number of rotatable bonds is 6. The summed E-state index contributed by atoms with van der Waals surface area (Å²) in [5.41, 5.74) is 3.00. The van der Waals surface area contributed by atoms with E-state index in [4.69, 9.17) is 16.6 Å². The summed E-state index contributed by atoms with van der Waals surface area (Å²) in [7, 11) is 0. The monoisotopic (exact) mass is 474 g/mol. The first-order valence-electron chi connectivity index (χ1n) is 11.1. The largest absolute Gasteiger partial charge is 0.342 e. The van der Waals surface area contributed by atoms with Crippen LogP contribution >= 0.6 is 11.6 Å². The molecule has 1 aliphatic rings. The summed E-state index contributed by atoms with van der Waals surface area (Å²) in [6.45, 7) is 3.23. The van der Waals surface area contributed by atoms with Crippen LogP contribution in [0.1, 0.15) is 35.3 Å². The molecule has 1 fully saturated rings. The zero-order chi connectivity index (χ0) is 23.7. The Hall–Kier alpha value is -3.91. The number of carbonyl (C=O) groups excluding carboxylic acids is 2. The molecule has 0 bridgehead atoms. The van der Waals surface area contributed by atoms with Gasteiger partial charge < -0.3 is 15.5 Å². The minimum atomic E-state index is -0.328. The van der Waals surface area contributed by atoms with E-state index in [0.29, 0.717) is 47.2 Å². The van der Waals surface area contributed by atoms with Crippen LogP contribution in [0, 0.1) is 0 Å². The van der Waals surface area contributed by atoms with Crippen LogP contribution in [-0.4, -0.2) is 44.4 Å². The fourth-order valence-electron chi connectivity index (χ4n) is 4.12. The highest BCUT2D eigenvalue weighted by Crippen LogP contribution is 2.30. The lowest BCUT2D eigenvalue weighted by Gasteiger charge is -2.15. The summed E-state index contributed by atoms with van der Waals surface area (Å²) in [6.07, 6.45) is 1.90. The highest BCUT2D eigenvalue weighted by atomic mass is 35.5. The Morgan fingerprint density at radius 1 is 1.12 bits per heavy atom. The van der Waals surface area contributed by atoms with Crippen molar-refractivity contribution in [2.24, 2.45) is 0 Å². The number of amides is 2. The number of aromatic nitrogens is 3. The van der Waals surface area contributed by atoms with Gasteiger partial charge in [0, 0.05) is 47.9 Å². The van der Waals surface area contributed by atoms with E-state index in [1.54, 1.807) is 28.8 Å². The van der Waals surface area contributed by atoms with Crippen LogP contribution in [0.3, 0.4) is 0 Å². The van der Waals surface area contributed by atoms with Crippen molar-refractivity contribution in [3.05, 3.63) is 83.1 Å². The van der Waals surface area contributed by atoms with Crippen molar-refractivity contribution in [2.45, 2.75) is 19.3 Å². The van der Waals surface area contributed by atoms with Crippen LogP contribution in [0.25, 0.3) is 5.65 Å². The summed E-state index contributed by atoms with van der Waals surface area (Å²) < 4.78 is 1.61. The standard InChI is InChI=1S/C25H23ClN6O2/c1-2-31-15-16(12-23(31)33)21-13-22(28-18-6-4-3-5-7-18)32-24(30-21)20(14-27-32)25(34)29-19-10-8-17(26)9-11-19/h3-11,13-14,16,28H,2,12,15H2,1H3,(H,29,34)/t16-/m1/s1. The number of hydrogen-bond acceptors (Lipinski definition) is 5. The van der Waals surface area contributed by atoms with Gasteiger partial charge in [-0.2, -0.15) is 9.61 Å². The number of fused-ring (bicyclic) bond motifs is 1. The van der Waals surface area contributed by atoms with Crippen molar-refractivity contribution >= 4 is 46.3 Å². The molecule has 172 valence electrons. The molecule has 1 atom stereocenters. The van der Waals surface area contributed by atoms with Crippen LogP contribution in [0.5, 0.6) is 0 Å². The van der Waals surface area contributed by atoms with Crippen LogP contribution in [-0.2, 0) is 4.79 Å². The first kappa shape index (κ1) is 21.9. The number of halogens is 1. The maximum atomic E-state index is 13.1. The molecule has 2 N–H and O–H groups in total. The van der Waals surface area contributed by atoms with Crippen molar-refractivity contribution in [3.63, 3.8) is 0 Å². The maximum Gasteiger partial charge on any atom is 0.261 e. The first-order chi connectivity index (χ1) is 16.5. The number of nitrogens with zero attached hydrogens (tertiary/aromatic N) is 4. The van der Waals surface area contributed by atoms with Crippen molar-refractivity contribution in [2.75, 3.05) is 23.7 Å². The van der Waals surface area contributed by atoms with E-state index in [-0.39, 0.29) is 17.7 Å². The summed E-state index contributed by atoms with van der Waals surface area (Å²) in [6, 6.07) is 18.5. The number of likely N-dealkylation sites (tertiary alicyclic amines) is 1. The third-order valence-electron chi connectivity index (χ3n) is 5.90. The van der Waals surface area contributed by atoms with Gasteiger partial charge in [-0.05, 0) is 43.3 Å². The summed E-state index contributed by atoms with van der Waals surface area (Å²) in [5, 5.41) is 11.3. The molecule has 2 aromatic heterocycles. The van der Waals surface area contributed by atoms with E-state index >= 15 is 0 Å². The van der Waals surface area contributed by atoms with E-state index in [2.05, 4.69) is 15.7 Å². The van der Waals surface area contributed by atoms with E-state index < -0.39 is 0 Å². The molecule has 2 aromatic carbocycles. The Morgan fingerprint density at radius 2 is 1.88 bits per heavy atom. The lowest BCUT2D eigenvalue weighted by atomic mass is 10.0. The molecule has 34 heavy (non-hydrogen) atoms. The van der Waals surface area contributed by atoms with Crippen LogP contribution in [0.4, 0.5) is 17.2 Å². The number of hydrogen-bond donors (Lipinski definition) is 2. The Kier molecular flexibility index (Phi) is 5.90. The van der Waals surface area contributed by atoms with E-state index in [1.807, 2.05) is 48.2 Å². The summed E-state index contributed by atoms with van der Waals surface area (Å²) >= 11 is 5.95. The molecule has 0 spiro atoms. The molecular formula is C25H23ClN6O2. The van der Waals surface area contributed by atoms with E-state index in [1.165, 1.54) is 6.20 Å². The van der Waals surface area contributed by atoms with Crippen LogP contribution in [0.15, 0.2) is 66.9 Å². The normalized spacial score (nSPS) is 15.6. The molecule has 4 aromatic rings. The quantitative estimate of drug-likeness (QED) is 0.422. The number of likely N-dealkylation sites (N-methyl/N-ethyl adjacent to an activating group) is 1. The highest BCUT2D eigenvalue weighted by Gasteiger charge is 2.31. The van der Waals surface area contributed by atoms with Crippen molar-refractivity contribution in [1.82, 2.24) is 19.5 Å². The molecule has 3 heterocycles.